The molecule has 1 saturated carbocycles. The van der Waals surface area contributed by atoms with Gasteiger partial charge in [-0.2, -0.15) is 0 Å². The zero-order valence-electron chi connectivity index (χ0n) is 11.1. The number of nitrogens with one attached hydrogen (secondary N) is 1. The summed E-state index contributed by atoms with van der Waals surface area (Å²) in [5.74, 6) is -0.945. The fourth-order valence-corrected chi connectivity index (χ4v) is 2.30. The molecule has 1 aliphatic rings. The minimum absolute atomic E-state index is 0.0562. The lowest BCUT2D eigenvalue weighted by Gasteiger charge is -2.05. The third kappa shape index (κ3) is 4.33. The van der Waals surface area contributed by atoms with Crippen molar-refractivity contribution >= 4 is 11.9 Å². The molecule has 20 heavy (non-hydrogen) atoms. The summed E-state index contributed by atoms with van der Waals surface area (Å²) in [6.07, 6.45) is 2.38. The fourth-order valence-electron chi connectivity index (χ4n) is 2.30. The average molecular weight is 279 g/mol. The lowest BCUT2D eigenvalue weighted by Crippen LogP contribution is -2.26. The summed E-state index contributed by atoms with van der Waals surface area (Å²) < 4.78 is 13.1. The van der Waals surface area contributed by atoms with E-state index in [1.165, 1.54) is 12.1 Å². The third-order valence-electron chi connectivity index (χ3n) is 3.46. The van der Waals surface area contributed by atoms with Crippen molar-refractivity contribution in [3.63, 3.8) is 0 Å². The van der Waals surface area contributed by atoms with E-state index in [4.69, 9.17) is 5.11 Å². The van der Waals surface area contributed by atoms with Crippen molar-refractivity contribution in [1.82, 2.24) is 5.32 Å². The zero-order chi connectivity index (χ0) is 14.5. The summed E-state index contributed by atoms with van der Waals surface area (Å²) >= 11 is 0. The lowest BCUT2D eigenvalue weighted by molar-refractivity contribution is -0.137. The Kier molecular flexibility index (Phi) is 4.71. The van der Waals surface area contributed by atoms with Crippen LogP contribution in [-0.4, -0.2) is 23.0 Å². The maximum Gasteiger partial charge on any atom is 0.303 e. The van der Waals surface area contributed by atoms with Crippen molar-refractivity contribution in [3.8, 4) is 0 Å². The minimum atomic E-state index is -0.834. The van der Waals surface area contributed by atoms with Gasteiger partial charge in [-0.3, -0.25) is 9.59 Å². The number of carbonyl (C=O) groups excluding carboxylic acids is 1. The number of benzene rings is 1. The smallest absolute Gasteiger partial charge is 0.303 e. The van der Waals surface area contributed by atoms with Crippen LogP contribution in [0.3, 0.4) is 0 Å². The predicted octanol–water partition coefficient (Wildman–Crippen LogP) is 2.44. The number of unbranched alkanes of at least 4 members (excludes halogenated alkanes) is 1. The molecule has 4 nitrogen and oxygen atoms in total. The number of carboxylic acid groups (broad SMARTS) is 1. The molecule has 0 aromatic heterocycles. The summed E-state index contributed by atoms with van der Waals surface area (Å²) in [5, 5.41) is 11.4. The first-order valence-corrected chi connectivity index (χ1v) is 6.83. The van der Waals surface area contributed by atoms with Gasteiger partial charge >= 0.3 is 5.97 Å². The molecule has 0 heterocycles. The van der Waals surface area contributed by atoms with E-state index in [0.29, 0.717) is 19.3 Å². The van der Waals surface area contributed by atoms with Crippen LogP contribution in [0.1, 0.15) is 43.6 Å². The van der Waals surface area contributed by atoms with Crippen molar-refractivity contribution in [3.05, 3.63) is 35.6 Å². The number of rotatable bonds is 7. The quantitative estimate of drug-likeness (QED) is 0.753. The van der Waals surface area contributed by atoms with Crippen LogP contribution in [0.2, 0.25) is 0 Å². The van der Waals surface area contributed by atoms with Crippen LogP contribution >= 0.6 is 0 Å². The summed E-state index contributed by atoms with van der Waals surface area (Å²) in [4.78, 5) is 22.0. The van der Waals surface area contributed by atoms with Gasteiger partial charge in [0.05, 0.1) is 0 Å². The van der Waals surface area contributed by atoms with Gasteiger partial charge in [-0.15, -0.1) is 0 Å². The second kappa shape index (κ2) is 6.50. The monoisotopic (exact) mass is 279 g/mol. The Labute approximate surface area is 117 Å². The molecule has 0 radical (unpaired) electrons. The highest BCUT2D eigenvalue weighted by Gasteiger charge is 2.39. The number of hydrogen-bond acceptors (Lipinski definition) is 2. The van der Waals surface area contributed by atoms with Gasteiger partial charge in [0.1, 0.15) is 5.82 Å². The zero-order valence-corrected chi connectivity index (χ0v) is 11.1. The maximum atomic E-state index is 13.1. The molecule has 1 aromatic rings. The largest absolute Gasteiger partial charge is 0.481 e. The molecular formula is C15H18FNO3. The molecular weight excluding hydrogens is 261 g/mol. The number of carboxylic acids is 1. The number of hydrogen-bond donors (Lipinski definition) is 2. The maximum absolute atomic E-state index is 13.1. The molecule has 1 aromatic carbocycles. The van der Waals surface area contributed by atoms with E-state index in [0.717, 1.165) is 12.0 Å². The molecule has 0 bridgehead atoms. The Morgan fingerprint density at radius 2 is 2.05 bits per heavy atom. The number of aliphatic carboxylic acids is 1. The standard InChI is InChI=1S/C15H18FNO3/c16-11-5-3-4-10(8-11)12-9-13(12)17-14(18)6-1-2-7-15(19)20/h3-5,8,12-13H,1-2,6-7,9H2,(H,17,18)(H,19,20). The highest BCUT2D eigenvalue weighted by molar-refractivity contribution is 5.77. The Bertz CT molecular complexity index is 504. The predicted molar refractivity (Wildman–Crippen MR) is 71.8 cm³/mol. The van der Waals surface area contributed by atoms with Crippen molar-refractivity contribution in [2.75, 3.05) is 0 Å². The molecule has 1 fully saturated rings. The van der Waals surface area contributed by atoms with E-state index in [1.807, 2.05) is 6.07 Å². The normalized spacial score (nSPS) is 20.4. The van der Waals surface area contributed by atoms with E-state index >= 15 is 0 Å². The van der Waals surface area contributed by atoms with Crippen LogP contribution in [0.25, 0.3) is 0 Å². The van der Waals surface area contributed by atoms with Crippen molar-refractivity contribution in [2.45, 2.75) is 44.1 Å². The molecule has 2 rings (SSSR count). The lowest BCUT2D eigenvalue weighted by atomic mass is 10.1. The molecule has 2 atom stereocenters. The molecule has 1 aliphatic carbocycles. The number of amides is 1. The molecule has 2 N–H and O–H groups in total. The van der Waals surface area contributed by atoms with Gasteiger partial charge in [0.2, 0.25) is 5.91 Å². The first-order valence-electron chi connectivity index (χ1n) is 6.83. The van der Waals surface area contributed by atoms with Gasteiger partial charge in [0, 0.05) is 24.8 Å². The van der Waals surface area contributed by atoms with Crippen LogP contribution in [0, 0.1) is 5.82 Å². The van der Waals surface area contributed by atoms with Gasteiger partial charge in [-0.25, -0.2) is 4.39 Å². The summed E-state index contributed by atoms with van der Waals surface area (Å²) in [6, 6.07) is 6.54. The summed E-state index contributed by atoms with van der Waals surface area (Å²) in [5.41, 5.74) is 0.918. The Balaban J connectivity index is 1.68. The topological polar surface area (TPSA) is 66.4 Å². The summed E-state index contributed by atoms with van der Waals surface area (Å²) in [7, 11) is 0. The van der Waals surface area contributed by atoms with Gasteiger partial charge in [-0.05, 0) is 37.0 Å². The van der Waals surface area contributed by atoms with Gasteiger partial charge in [-0.1, -0.05) is 12.1 Å². The van der Waals surface area contributed by atoms with Crippen molar-refractivity contribution in [1.29, 1.82) is 0 Å². The second-order valence-electron chi connectivity index (χ2n) is 5.17. The highest BCUT2D eigenvalue weighted by Crippen LogP contribution is 2.40. The SMILES string of the molecule is O=C(O)CCCCC(=O)NC1CC1c1cccc(F)c1. The first kappa shape index (κ1) is 14.5. The van der Waals surface area contributed by atoms with E-state index < -0.39 is 5.97 Å². The van der Waals surface area contributed by atoms with Gasteiger partial charge in [0.25, 0.3) is 0 Å². The third-order valence-corrected chi connectivity index (χ3v) is 3.46. The van der Waals surface area contributed by atoms with Crippen molar-refractivity contribution in [2.24, 2.45) is 0 Å². The molecule has 108 valence electrons. The van der Waals surface area contributed by atoms with Crippen LogP contribution in [0.4, 0.5) is 4.39 Å². The van der Waals surface area contributed by atoms with Crippen LogP contribution < -0.4 is 5.32 Å². The van der Waals surface area contributed by atoms with Crippen LogP contribution in [-0.2, 0) is 9.59 Å². The molecule has 0 spiro atoms. The summed E-state index contributed by atoms with van der Waals surface area (Å²) in [6.45, 7) is 0. The molecule has 0 aliphatic heterocycles. The molecule has 1 amide bonds. The van der Waals surface area contributed by atoms with Crippen LogP contribution in [0.5, 0.6) is 0 Å². The van der Waals surface area contributed by atoms with Crippen molar-refractivity contribution < 1.29 is 19.1 Å². The van der Waals surface area contributed by atoms with E-state index in [9.17, 15) is 14.0 Å². The first-order chi connectivity index (χ1) is 9.56. The van der Waals surface area contributed by atoms with Gasteiger partial charge in [0.15, 0.2) is 0 Å². The molecule has 5 heteroatoms. The minimum Gasteiger partial charge on any atom is -0.481 e. The molecule has 2 unspecified atom stereocenters. The second-order valence-corrected chi connectivity index (χ2v) is 5.17. The van der Waals surface area contributed by atoms with E-state index in [-0.39, 0.29) is 30.1 Å². The fraction of sp³-hybridized carbons (Fsp3) is 0.467. The Morgan fingerprint density at radius 3 is 2.75 bits per heavy atom. The molecule has 0 saturated heterocycles. The van der Waals surface area contributed by atoms with E-state index in [2.05, 4.69) is 5.32 Å². The average Bonchev–Trinajstić information content (AvgIpc) is 3.14. The van der Waals surface area contributed by atoms with Crippen LogP contribution in [0.15, 0.2) is 24.3 Å². The number of halogens is 1. The number of carbonyl (C=O) groups is 2. The Morgan fingerprint density at radius 1 is 1.30 bits per heavy atom. The van der Waals surface area contributed by atoms with E-state index in [1.54, 1.807) is 6.07 Å². The Hall–Kier alpha value is -1.91. The van der Waals surface area contributed by atoms with Gasteiger partial charge < -0.3 is 10.4 Å². The highest BCUT2D eigenvalue weighted by atomic mass is 19.1.